The molecular formula is C10H14IN3S. The highest BCUT2D eigenvalue weighted by Gasteiger charge is 1.94. The van der Waals surface area contributed by atoms with Gasteiger partial charge < -0.3 is 5.73 Å². The van der Waals surface area contributed by atoms with E-state index in [4.69, 9.17) is 5.73 Å². The van der Waals surface area contributed by atoms with Crippen LogP contribution in [0.5, 0.6) is 0 Å². The Labute approximate surface area is 111 Å². The summed E-state index contributed by atoms with van der Waals surface area (Å²) < 4.78 is 0. The van der Waals surface area contributed by atoms with Crippen LogP contribution in [0.1, 0.15) is 12.5 Å². The van der Waals surface area contributed by atoms with E-state index in [1.54, 1.807) is 0 Å². The van der Waals surface area contributed by atoms with Crippen LogP contribution < -0.4 is 5.73 Å². The number of benzene rings is 1. The standard InChI is InChI=1S/C10H13N3S.HI/c1-8(12-13-10(11)14-2)9-6-4-3-5-7-9;/h3-7H,1-2H3,(H2,11,13);1H/b12-8+;. The Balaban J connectivity index is 0.00000196. The molecule has 5 heteroatoms. The zero-order valence-electron chi connectivity index (χ0n) is 8.68. The number of rotatable bonds is 2. The highest BCUT2D eigenvalue weighted by Crippen LogP contribution is 2.01. The van der Waals surface area contributed by atoms with Crippen LogP contribution in [0.2, 0.25) is 0 Å². The minimum absolute atomic E-state index is 0. The molecule has 0 atom stereocenters. The molecule has 82 valence electrons. The molecule has 0 aliphatic heterocycles. The topological polar surface area (TPSA) is 50.7 Å². The summed E-state index contributed by atoms with van der Waals surface area (Å²) >= 11 is 1.38. The molecule has 0 amide bonds. The van der Waals surface area contributed by atoms with Crippen molar-refractivity contribution in [2.45, 2.75) is 6.92 Å². The zero-order valence-corrected chi connectivity index (χ0v) is 11.8. The van der Waals surface area contributed by atoms with Crippen LogP contribution in [-0.4, -0.2) is 17.1 Å². The normalized spacial score (nSPS) is 12.1. The maximum absolute atomic E-state index is 5.51. The molecule has 1 aromatic rings. The first kappa shape index (κ1) is 14.4. The van der Waals surface area contributed by atoms with Crippen molar-refractivity contribution in [2.24, 2.45) is 15.9 Å². The smallest absolute Gasteiger partial charge is 0.180 e. The van der Waals surface area contributed by atoms with Crippen molar-refractivity contribution in [2.75, 3.05) is 6.26 Å². The Morgan fingerprint density at radius 3 is 2.33 bits per heavy atom. The van der Waals surface area contributed by atoms with Crippen molar-refractivity contribution in [3.8, 4) is 0 Å². The third-order valence-corrected chi connectivity index (χ3v) is 2.20. The second-order valence-corrected chi connectivity index (χ2v) is 3.52. The molecule has 0 fully saturated rings. The second-order valence-electron chi connectivity index (χ2n) is 2.69. The van der Waals surface area contributed by atoms with E-state index in [-0.39, 0.29) is 24.0 Å². The Hall–Kier alpha value is -0.560. The lowest BCUT2D eigenvalue weighted by Gasteiger charge is -1.97. The quantitative estimate of drug-likeness (QED) is 0.391. The summed E-state index contributed by atoms with van der Waals surface area (Å²) in [5.41, 5.74) is 7.43. The molecule has 1 aromatic carbocycles. The molecule has 0 aliphatic rings. The average molecular weight is 335 g/mol. The highest BCUT2D eigenvalue weighted by molar-refractivity contribution is 14.0. The Morgan fingerprint density at radius 1 is 1.20 bits per heavy atom. The minimum Gasteiger partial charge on any atom is -0.377 e. The van der Waals surface area contributed by atoms with Gasteiger partial charge in [0.05, 0.1) is 5.71 Å². The fraction of sp³-hybridized carbons (Fsp3) is 0.200. The molecule has 2 N–H and O–H groups in total. The molecule has 0 spiro atoms. The lowest BCUT2D eigenvalue weighted by atomic mass is 10.1. The van der Waals surface area contributed by atoms with E-state index in [1.165, 1.54) is 11.8 Å². The SMILES string of the molecule is CS/C(N)=N/N=C(\C)c1ccccc1.I. The third-order valence-electron chi connectivity index (χ3n) is 1.70. The molecule has 0 saturated heterocycles. The number of halogens is 1. The average Bonchev–Trinajstić information content (AvgIpc) is 2.26. The van der Waals surface area contributed by atoms with E-state index in [2.05, 4.69) is 10.2 Å². The zero-order chi connectivity index (χ0) is 10.4. The summed E-state index contributed by atoms with van der Waals surface area (Å²) in [6.45, 7) is 1.91. The first-order valence-corrected chi connectivity index (χ1v) is 5.43. The van der Waals surface area contributed by atoms with Crippen LogP contribution in [0.25, 0.3) is 0 Å². The van der Waals surface area contributed by atoms with E-state index < -0.39 is 0 Å². The Kier molecular flexibility index (Phi) is 7.41. The molecule has 0 saturated carbocycles. The van der Waals surface area contributed by atoms with Gasteiger partial charge in [-0.25, -0.2) is 0 Å². The number of nitrogens with zero attached hydrogens (tertiary/aromatic N) is 2. The van der Waals surface area contributed by atoms with Crippen molar-refractivity contribution < 1.29 is 0 Å². The van der Waals surface area contributed by atoms with Crippen LogP contribution in [-0.2, 0) is 0 Å². The predicted molar refractivity (Wildman–Crippen MR) is 79.2 cm³/mol. The van der Waals surface area contributed by atoms with Gasteiger partial charge in [0, 0.05) is 0 Å². The van der Waals surface area contributed by atoms with Gasteiger partial charge in [-0.15, -0.1) is 29.1 Å². The molecule has 0 radical (unpaired) electrons. The van der Waals surface area contributed by atoms with Gasteiger partial charge in [0.1, 0.15) is 0 Å². The van der Waals surface area contributed by atoms with Crippen molar-refractivity contribution >= 4 is 46.6 Å². The molecule has 0 aliphatic carbocycles. The number of amidine groups is 1. The van der Waals surface area contributed by atoms with E-state index in [1.807, 2.05) is 43.5 Å². The van der Waals surface area contributed by atoms with E-state index >= 15 is 0 Å². The molecule has 3 nitrogen and oxygen atoms in total. The summed E-state index contributed by atoms with van der Waals surface area (Å²) in [5.74, 6) is 0. The summed E-state index contributed by atoms with van der Waals surface area (Å²) in [5, 5.41) is 8.36. The largest absolute Gasteiger partial charge is 0.377 e. The van der Waals surface area contributed by atoms with Gasteiger partial charge in [-0.05, 0) is 18.7 Å². The van der Waals surface area contributed by atoms with Gasteiger partial charge in [-0.2, -0.15) is 5.10 Å². The molecule has 0 bridgehead atoms. The fourth-order valence-corrected chi connectivity index (χ4v) is 1.02. The number of hydrogen-bond donors (Lipinski definition) is 1. The van der Waals surface area contributed by atoms with Crippen LogP contribution in [0, 0.1) is 0 Å². The van der Waals surface area contributed by atoms with E-state index in [0.29, 0.717) is 5.17 Å². The number of nitrogens with two attached hydrogens (primary N) is 1. The maximum atomic E-state index is 5.51. The van der Waals surface area contributed by atoms with Crippen molar-refractivity contribution in [1.82, 2.24) is 0 Å². The Morgan fingerprint density at radius 2 is 1.80 bits per heavy atom. The number of hydrogen-bond acceptors (Lipinski definition) is 3. The second kappa shape index (κ2) is 7.70. The van der Waals surface area contributed by atoms with Crippen molar-refractivity contribution in [1.29, 1.82) is 0 Å². The minimum atomic E-state index is 0. The van der Waals surface area contributed by atoms with E-state index in [9.17, 15) is 0 Å². The van der Waals surface area contributed by atoms with Gasteiger partial charge in [0.25, 0.3) is 0 Å². The molecular weight excluding hydrogens is 321 g/mol. The Bertz CT molecular complexity index is 349. The first-order chi connectivity index (χ1) is 6.74. The van der Waals surface area contributed by atoms with Gasteiger partial charge in [0.15, 0.2) is 5.17 Å². The lowest BCUT2D eigenvalue weighted by molar-refractivity contribution is 1.23. The fourth-order valence-electron chi connectivity index (χ4n) is 0.902. The molecule has 0 heterocycles. The number of thioether (sulfide) groups is 1. The van der Waals surface area contributed by atoms with Crippen LogP contribution in [0.3, 0.4) is 0 Å². The van der Waals surface area contributed by atoms with Crippen molar-refractivity contribution in [3.63, 3.8) is 0 Å². The van der Waals surface area contributed by atoms with Crippen LogP contribution >= 0.6 is 35.7 Å². The highest BCUT2D eigenvalue weighted by atomic mass is 127. The van der Waals surface area contributed by atoms with E-state index in [0.717, 1.165) is 11.3 Å². The van der Waals surface area contributed by atoms with Gasteiger partial charge in [-0.1, -0.05) is 42.1 Å². The first-order valence-electron chi connectivity index (χ1n) is 4.21. The monoisotopic (exact) mass is 335 g/mol. The lowest BCUT2D eigenvalue weighted by Crippen LogP contribution is -2.04. The summed E-state index contributed by atoms with van der Waals surface area (Å²) in [6, 6.07) is 9.88. The summed E-state index contributed by atoms with van der Waals surface area (Å²) in [6.07, 6.45) is 1.87. The summed E-state index contributed by atoms with van der Waals surface area (Å²) in [4.78, 5) is 0. The third kappa shape index (κ3) is 5.17. The molecule has 15 heavy (non-hydrogen) atoms. The predicted octanol–water partition coefficient (Wildman–Crippen LogP) is 2.71. The maximum Gasteiger partial charge on any atom is 0.180 e. The van der Waals surface area contributed by atoms with Crippen molar-refractivity contribution in [3.05, 3.63) is 35.9 Å². The molecule has 1 rings (SSSR count). The van der Waals surface area contributed by atoms with Crippen LogP contribution in [0.15, 0.2) is 40.5 Å². The molecule has 0 aromatic heterocycles. The molecule has 0 unspecified atom stereocenters. The van der Waals surface area contributed by atoms with Gasteiger partial charge in [-0.3, -0.25) is 0 Å². The van der Waals surface area contributed by atoms with Gasteiger partial charge >= 0.3 is 0 Å². The van der Waals surface area contributed by atoms with Gasteiger partial charge in [0.2, 0.25) is 0 Å². The summed E-state index contributed by atoms with van der Waals surface area (Å²) in [7, 11) is 0. The van der Waals surface area contributed by atoms with Crippen LogP contribution in [0.4, 0.5) is 0 Å².